The first-order valence-corrected chi connectivity index (χ1v) is 14.2. The second-order valence-corrected chi connectivity index (χ2v) is 10.8. The topological polar surface area (TPSA) is 66.8 Å². The molecule has 7 rings (SSSR count). The maximum atomic E-state index is 12.5. The van der Waals surface area contributed by atoms with E-state index in [2.05, 4.69) is 80.4 Å². The molecule has 0 unspecified atom stereocenters. The highest BCUT2D eigenvalue weighted by Crippen LogP contribution is 2.33. The van der Waals surface area contributed by atoms with E-state index < -0.39 is 0 Å². The van der Waals surface area contributed by atoms with Crippen LogP contribution in [0.1, 0.15) is 24.4 Å². The summed E-state index contributed by atoms with van der Waals surface area (Å²) in [6.45, 7) is 3.08. The monoisotopic (exact) mass is 537 g/mol. The molecule has 6 aromatic rings. The molecule has 6 nitrogen and oxygen atoms in total. The highest BCUT2D eigenvalue weighted by molar-refractivity contribution is 5.91. The normalized spacial score (nSPS) is 14.4. The lowest BCUT2D eigenvalue weighted by Crippen LogP contribution is -2.33. The van der Waals surface area contributed by atoms with E-state index in [-0.39, 0.29) is 5.56 Å². The number of pyridine rings is 3. The highest BCUT2D eigenvalue weighted by atomic mass is 16.1. The van der Waals surface area contributed by atoms with Gasteiger partial charge in [-0.3, -0.25) is 14.7 Å². The van der Waals surface area contributed by atoms with Crippen LogP contribution < -0.4 is 5.56 Å². The summed E-state index contributed by atoms with van der Waals surface area (Å²) in [6, 6.07) is 31.5. The van der Waals surface area contributed by atoms with Crippen LogP contribution in [0, 0.1) is 0 Å². The van der Waals surface area contributed by atoms with Gasteiger partial charge in [-0.25, -0.2) is 4.98 Å². The average molecular weight is 538 g/mol. The first-order valence-electron chi connectivity index (χ1n) is 14.2. The zero-order valence-electron chi connectivity index (χ0n) is 22.8. The van der Waals surface area contributed by atoms with Gasteiger partial charge in [0, 0.05) is 67.2 Å². The Morgan fingerprint density at radius 1 is 0.829 bits per heavy atom. The predicted octanol–water partition coefficient (Wildman–Crippen LogP) is 6.96. The average Bonchev–Trinajstić information content (AvgIpc) is 3.53. The Balaban J connectivity index is 1.06. The van der Waals surface area contributed by atoms with Crippen LogP contribution in [0.5, 0.6) is 0 Å². The smallest absolute Gasteiger partial charge is 0.257 e. The molecule has 1 aliphatic heterocycles. The van der Waals surface area contributed by atoms with E-state index in [4.69, 9.17) is 4.98 Å². The highest BCUT2D eigenvalue weighted by Gasteiger charge is 2.21. The molecule has 0 spiro atoms. The Bertz CT molecular complexity index is 1830. The molecule has 0 atom stereocenters. The van der Waals surface area contributed by atoms with Gasteiger partial charge in [0.25, 0.3) is 5.56 Å². The van der Waals surface area contributed by atoms with E-state index in [0.29, 0.717) is 16.9 Å². The van der Waals surface area contributed by atoms with Crippen LogP contribution in [-0.2, 0) is 6.54 Å². The summed E-state index contributed by atoms with van der Waals surface area (Å²) >= 11 is 0. The quantitative estimate of drug-likeness (QED) is 0.249. The van der Waals surface area contributed by atoms with Crippen molar-refractivity contribution in [1.82, 2.24) is 24.4 Å². The van der Waals surface area contributed by atoms with Crippen molar-refractivity contribution in [2.75, 3.05) is 13.1 Å². The van der Waals surface area contributed by atoms with Crippen molar-refractivity contribution in [2.45, 2.75) is 25.4 Å². The van der Waals surface area contributed by atoms with Crippen molar-refractivity contribution in [3.8, 4) is 33.6 Å². The third-order valence-corrected chi connectivity index (χ3v) is 8.12. The zero-order chi connectivity index (χ0) is 27.6. The number of hydrogen-bond acceptors (Lipinski definition) is 4. The first kappa shape index (κ1) is 25.2. The molecule has 1 aliphatic rings. The largest absolute Gasteiger partial charge is 0.350 e. The van der Waals surface area contributed by atoms with Crippen LogP contribution in [0.4, 0.5) is 0 Å². The van der Waals surface area contributed by atoms with Gasteiger partial charge in [0.2, 0.25) is 0 Å². The minimum atomic E-state index is -0.122. The summed E-state index contributed by atoms with van der Waals surface area (Å²) in [5, 5.41) is 0.600. The number of benzene rings is 2. The lowest BCUT2D eigenvalue weighted by molar-refractivity contribution is 0.180. The van der Waals surface area contributed by atoms with Crippen LogP contribution >= 0.6 is 0 Å². The molecule has 1 N–H and O–H groups in total. The predicted molar refractivity (Wildman–Crippen MR) is 164 cm³/mol. The Morgan fingerprint density at radius 3 is 2.41 bits per heavy atom. The molecule has 0 saturated carbocycles. The Hall–Kier alpha value is -4.81. The molecule has 5 heterocycles. The van der Waals surface area contributed by atoms with Crippen molar-refractivity contribution in [3.63, 3.8) is 0 Å². The summed E-state index contributed by atoms with van der Waals surface area (Å²) in [7, 11) is 0. The molecule has 6 heteroatoms. The molecule has 0 aliphatic carbocycles. The number of nitrogens with zero attached hydrogens (tertiary/aromatic N) is 4. The second kappa shape index (κ2) is 11.0. The third kappa shape index (κ3) is 5.22. The molecular weight excluding hydrogens is 506 g/mol. The summed E-state index contributed by atoms with van der Waals surface area (Å²) in [6.07, 6.45) is 10.2. The van der Waals surface area contributed by atoms with Gasteiger partial charge in [-0.15, -0.1) is 0 Å². The fourth-order valence-corrected chi connectivity index (χ4v) is 5.90. The number of fused-ring (bicyclic) bond motifs is 1. The molecule has 0 radical (unpaired) electrons. The minimum absolute atomic E-state index is 0.122. The number of nitrogens with one attached hydrogen (secondary N) is 1. The fourth-order valence-electron chi connectivity index (χ4n) is 5.90. The van der Waals surface area contributed by atoms with E-state index >= 15 is 0 Å². The number of likely N-dealkylation sites (tertiary alicyclic amines) is 1. The lowest BCUT2D eigenvalue weighted by Gasteiger charge is -2.32. The first-order chi connectivity index (χ1) is 20.2. The summed E-state index contributed by atoms with van der Waals surface area (Å²) in [5.74, 6) is 0. The van der Waals surface area contributed by atoms with Crippen molar-refractivity contribution in [3.05, 3.63) is 132 Å². The third-order valence-electron chi connectivity index (χ3n) is 8.12. The summed E-state index contributed by atoms with van der Waals surface area (Å²) in [5.41, 5.74) is 8.01. The molecule has 1 saturated heterocycles. The Kier molecular flexibility index (Phi) is 6.75. The van der Waals surface area contributed by atoms with E-state index in [0.717, 1.165) is 60.6 Å². The number of H-pyrrole nitrogens is 1. The maximum Gasteiger partial charge on any atom is 0.257 e. The minimum Gasteiger partial charge on any atom is -0.350 e. The standard InChI is InChI=1S/C35H31N5O/c41-35-31-22-30(26-6-2-1-3-7-26)34(38-33(31)13-18-37-35)27-11-9-25(10-12-27)23-39-19-15-29(16-20-39)40-21-14-28(24-40)32-8-4-5-17-36-32/h1-14,17-18,21-22,24,29H,15-16,19-20,23H2,(H,37,41). The van der Waals surface area contributed by atoms with Gasteiger partial charge >= 0.3 is 0 Å². The van der Waals surface area contributed by atoms with E-state index in [1.165, 1.54) is 11.1 Å². The van der Waals surface area contributed by atoms with Gasteiger partial charge in [0.1, 0.15) is 0 Å². The molecule has 0 bridgehead atoms. The number of aromatic amines is 1. The molecule has 0 amide bonds. The molecule has 2 aromatic carbocycles. The van der Waals surface area contributed by atoms with Crippen LogP contribution in [0.2, 0.25) is 0 Å². The maximum absolute atomic E-state index is 12.5. The molecule has 41 heavy (non-hydrogen) atoms. The van der Waals surface area contributed by atoms with E-state index in [1.54, 1.807) is 6.20 Å². The summed E-state index contributed by atoms with van der Waals surface area (Å²) < 4.78 is 2.37. The summed E-state index contributed by atoms with van der Waals surface area (Å²) in [4.78, 5) is 27.3. The van der Waals surface area contributed by atoms with Gasteiger partial charge in [0.15, 0.2) is 0 Å². The van der Waals surface area contributed by atoms with Gasteiger partial charge in [-0.1, -0.05) is 60.7 Å². The van der Waals surface area contributed by atoms with E-state index in [1.807, 2.05) is 48.7 Å². The van der Waals surface area contributed by atoms with Crippen LogP contribution in [0.3, 0.4) is 0 Å². The number of hydrogen-bond donors (Lipinski definition) is 1. The van der Waals surface area contributed by atoms with Gasteiger partial charge < -0.3 is 9.55 Å². The van der Waals surface area contributed by atoms with Crippen molar-refractivity contribution < 1.29 is 0 Å². The molecule has 1 fully saturated rings. The van der Waals surface area contributed by atoms with Crippen LogP contribution in [0.25, 0.3) is 44.5 Å². The SMILES string of the molecule is O=c1[nH]ccc2nc(-c3ccc(CN4CCC(n5ccc(-c6ccccn6)c5)CC4)cc3)c(-c3ccccc3)cc12. The van der Waals surface area contributed by atoms with Gasteiger partial charge in [-0.2, -0.15) is 0 Å². The van der Waals surface area contributed by atoms with Crippen LogP contribution in [0.15, 0.2) is 121 Å². The van der Waals surface area contributed by atoms with Gasteiger partial charge in [0.05, 0.1) is 22.3 Å². The van der Waals surface area contributed by atoms with Crippen molar-refractivity contribution in [1.29, 1.82) is 0 Å². The fraction of sp³-hybridized carbons (Fsp3) is 0.171. The Labute approximate surface area is 239 Å². The van der Waals surface area contributed by atoms with Crippen LogP contribution in [-0.4, -0.2) is 37.5 Å². The lowest BCUT2D eigenvalue weighted by atomic mass is 9.97. The molecule has 4 aromatic heterocycles. The van der Waals surface area contributed by atoms with E-state index in [9.17, 15) is 4.79 Å². The van der Waals surface area contributed by atoms with Crippen molar-refractivity contribution >= 4 is 10.9 Å². The Morgan fingerprint density at radius 2 is 1.63 bits per heavy atom. The molecular formula is C35H31N5O. The number of rotatable bonds is 6. The number of aromatic nitrogens is 4. The zero-order valence-corrected chi connectivity index (χ0v) is 22.8. The number of piperidine rings is 1. The molecule has 202 valence electrons. The van der Waals surface area contributed by atoms with Gasteiger partial charge in [-0.05, 0) is 54.3 Å². The second-order valence-electron chi connectivity index (χ2n) is 10.8. The van der Waals surface area contributed by atoms with Crippen molar-refractivity contribution in [2.24, 2.45) is 0 Å².